The van der Waals surface area contributed by atoms with E-state index in [4.69, 9.17) is 13.9 Å². The second-order valence-electron chi connectivity index (χ2n) is 4.81. The van der Waals surface area contributed by atoms with E-state index in [1.54, 1.807) is 44.4 Å². The number of benzene rings is 1. The van der Waals surface area contributed by atoms with Gasteiger partial charge in [-0.15, -0.1) is 0 Å². The summed E-state index contributed by atoms with van der Waals surface area (Å²) in [5.41, 5.74) is 0.791. The molecule has 0 bridgehead atoms. The molecule has 1 aromatic carbocycles. The van der Waals surface area contributed by atoms with Gasteiger partial charge in [-0.25, -0.2) is 0 Å². The van der Waals surface area contributed by atoms with Crippen LogP contribution in [0.3, 0.4) is 0 Å². The predicted molar refractivity (Wildman–Crippen MR) is 86.1 cm³/mol. The number of hydrogen-bond acceptors (Lipinski definition) is 4. The minimum atomic E-state index is -0.0286. The molecular formula is C16H18BrNO4. The van der Waals surface area contributed by atoms with Crippen LogP contribution in [-0.4, -0.2) is 32.1 Å². The summed E-state index contributed by atoms with van der Waals surface area (Å²) < 4.78 is 16.6. The van der Waals surface area contributed by atoms with Crippen molar-refractivity contribution in [2.75, 3.05) is 21.3 Å². The van der Waals surface area contributed by atoms with Crippen LogP contribution in [0.15, 0.2) is 39.4 Å². The molecule has 0 aliphatic rings. The molecule has 1 heterocycles. The average Bonchev–Trinajstić information content (AvgIpc) is 2.92. The summed E-state index contributed by atoms with van der Waals surface area (Å²) in [6.45, 7) is 0.413. The molecule has 0 radical (unpaired) electrons. The molecule has 0 aliphatic carbocycles. The summed E-state index contributed by atoms with van der Waals surface area (Å²) in [6.07, 6.45) is 0.235. The van der Waals surface area contributed by atoms with Crippen molar-refractivity contribution < 1.29 is 18.7 Å². The molecular weight excluding hydrogens is 350 g/mol. The number of nitrogens with zero attached hydrogens (tertiary/aromatic N) is 1. The molecule has 118 valence electrons. The Kier molecular flexibility index (Phi) is 5.49. The third-order valence-electron chi connectivity index (χ3n) is 3.28. The summed E-state index contributed by atoms with van der Waals surface area (Å²) in [5, 5.41) is 0. The molecule has 22 heavy (non-hydrogen) atoms. The summed E-state index contributed by atoms with van der Waals surface area (Å²) in [6, 6.07) is 9.05. The maximum absolute atomic E-state index is 12.4. The molecule has 2 aromatic rings. The fourth-order valence-electron chi connectivity index (χ4n) is 2.08. The Hall–Kier alpha value is -1.95. The van der Waals surface area contributed by atoms with E-state index in [1.165, 1.54) is 0 Å². The van der Waals surface area contributed by atoms with E-state index in [0.717, 1.165) is 11.3 Å². The van der Waals surface area contributed by atoms with Gasteiger partial charge in [0.1, 0.15) is 17.3 Å². The quantitative estimate of drug-likeness (QED) is 0.786. The molecule has 0 fully saturated rings. The Morgan fingerprint density at radius 2 is 2.00 bits per heavy atom. The molecule has 6 heteroatoms. The van der Waals surface area contributed by atoms with Gasteiger partial charge in [0.2, 0.25) is 5.91 Å². The number of halogens is 1. The van der Waals surface area contributed by atoms with E-state index in [-0.39, 0.29) is 12.3 Å². The maximum atomic E-state index is 12.4. The van der Waals surface area contributed by atoms with E-state index in [2.05, 4.69) is 15.9 Å². The highest BCUT2D eigenvalue weighted by atomic mass is 79.9. The number of likely N-dealkylation sites (N-methyl/N-ethyl adjacent to an activating group) is 1. The Morgan fingerprint density at radius 1 is 1.23 bits per heavy atom. The Morgan fingerprint density at radius 3 is 2.59 bits per heavy atom. The molecule has 5 nitrogen and oxygen atoms in total. The van der Waals surface area contributed by atoms with Crippen molar-refractivity contribution in [3.8, 4) is 11.5 Å². The lowest BCUT2D eigenvalue weighted by molar-refractivity contribution is -0.129. The monoisotopic (exact) mass is 367 g/mol. The van der Waals surface area contributed by atoms with Gasteiger partial charge in [-0.3, -0.25) is 4.79 Å². The van der Waals surface area contributed by atoms with Gasteiger partial charge in [0.15, 0.2) is 4.67 Å². The van der Waals surface area contributed by atoms with Gasteiger partial charge in [-0.2, -0.15) is 0 Å². The summed E-state index contributed by atoms with van der Waals surface area (Å²) in [5.74, 6) is 2.06. The lowest BCUT2D eigenvalue weighted by Crippen LogP contribution is -2.27. The first-order valence-corrected chi connectivity index (χ1v) is 7.52. The van der Waals surface area contributed by atoms with Crippen LogP contribution in [-0.2, 0) is 17.8 Å². The summed E-state index contributed by atoms with van der Waals surface area (Å²) >= 11 is 3.25. The lowest BCUT2D eigenvalue weighted by Gasteiger charge is -2.17. The first kappa shape index (κ1) is 16.4. The van der Waals surface area contributed by atoms with Crippen molar-refractivity contribution in [1.29, 1.82) is 0 Å². The first-order valence-electron chi connectivity index (χ1n) is 6.72. The highest BCUT2D eigenvalue weighted by Crippen LogP contribution is 2.25. The standard InChI is InChI=1S/C16H18BrNO4/c1-18(10-13-5-7-15(17)22-13)16(19)9-11-8-12(20-2)4-6-14(11)21-3/h4-8H,9-10H2,1-3H3. The van der Waals surface area contributed by atoms with Crippen LogP contribution in [0.5, 0.6) is 11.5 Å². The number of amides is 1. The molecule has 0 saturated carbocycles. The average molecular weight is 368 g/mol. The zero-order valence-corrected chi connectivity index (χ0v) is 14.3. The predicted octanol–water partition coefficient (Wildman–Crippen LogP) is 3.26. The van der Waals surface area contributed by atoms with Gasteiger partial charge in [-0.05, 0) is 46.3 Å². The van der Waals surface area contributed by atoms with Crippen molar-refractivity contribution in [3.63, 3.8) is 0 Å². The SMILES string of the molecule is COc1ccc(OC)c(CC(=O)N(C)Cc2ccc(Br)o2)c1. The minimum Gasteiger partial charge on any atom is -0.497 e. The number of ether oxygens (including phenoxy) is 2. The molecule has 0 saturated heterocycles. The van der Waals surface area contributed by atoms with Crippen molar-refractivity contribution in [2.24, 2.45) is 0 Å². The van der Waals surface area contributed by atoms with Gasteiger partial charge in [0.05, 0.1) is 27.2 Å². The van der Waals surface area contributed by atoms with Crippen molar-refractivity contribution in [3.05, 3.63) is 46.3 Å². The topological polar surface area (TPSA) is 51.9 Å². The number of methoxy groups -OCH3 is 2. The number of carbonyl (C=O) groups excluding carboxylic acids is 1. The molecule has 0 atom stereocenters. The van der Waals surface area contributed by atoms with E-state index in [1.807, 2.05) is 12.1 Å². The van der Waals surface area contributed by atoms with E-state index < -0.39 is 0 Å². The fraction of sp³-hybridized carbons (Fsp3) is 0.312. The zero-order valence-electron chi connectivity index (χ0n) is 12.8. The number of hydrogen-bond donors (Lipinski definition) is 0. The third kappa shape index (κ3) is 4.04. The maximum Gasteiger partial charge on any atom is 0.227 e. The molecule has 0 N–H and O–H groups in total. The highest BCUT2D eigenvalue weighted by molar-refractivity contribution is 9.10. The van der Waals surface area contributed by atoms with Crippen LogP contribution >= 0.6 is 15.9 Å². The van der Waals surface area contributed by atoms with E-state index in [9.17, 15) is 4.79 Å². The van der Waals surface area contributed by atoms with Crippen LogP contribution in [0, 0.1) is 0 Å². The number of carbonyl (C=O) groups is 1. The Balaban J connectivity index is 2.07. The summed E-state index contributed by atoms with van der Waals surface area (Å²) in [4.78, 5) is 14.0. The van der Waals surface area contributed by atoms with Crippen LogP contribution in [0.25, 0.3) is 0 Å². The Bertz CT molecular complexity index is 653. The smallest absolute Gasteiger partial charge is 0.227 e. The van der Waals surface area contributed by atoms with Gasteiger partial charge in [-0.1, -0.05) is 0 Å². The van der Waals surface area contributed by atoms with Crippen molar-refractivity contribution in [2.45, 2.75) is 13.0 Å². The fourth-order valence-corrected chi connectivity index (χ4v) is 2.42. The van der Waals surface area contributed by atoms with Crippen LogP contribution in [0.2, 0.25) is 0 Å². The van der Waals surface area contributed by atoms with E-state index >= 15 is 0 Å². The first-order chi connectivity index (χ1) is 10.5. The normalized spacial score (nSPS) is 10.4. The molecule has 0 unspecified atom stereocenters. The Labute approximate surface area is 137 Å². The van der Waals surface area contributed by atoms with Gasteiger partial charge in [0, 0.05) is 12.6 Å². The van der Waals surface area contributed by atoms with Crippen LogP contribution in [0.4, 0.5) is 0 Å². The molecule has 1 amide bonds. The van der Waals surface area contributed by atoms with Crippen LogP contribution < -0.4 is 9.47 Å². The molecule has 1 aromatic heterocycles. The second-order valence-corrected chi connectivity index (χ2v) is 5.59. The lowest BCUT2D eigenvalue weighted by atomic mass is 10.1. The third-order valence-corrected chi connectivity index (χ3v) is 3.70. The van der Waals surface area contributed by atoms with Gasteiger partial charge >= 0.3 is 0 Å². The largest absolute Gasteiger partial charge is 0.497 e. The summed E-state index contributed by atoms with van der Waals surface area (Å²) in [7, 11) is 4.92. The highest BCUT2D eigenvalue weighted by Gasteiger charge is 2.15. The zero-order chi connectivity index (χ0) is 16.1. The van der Waals surface area contributed by atoms with Crippen molar-refractivity contribution >= 4 is 21.8 Å². The number of furan rings is 1. The van der Waals surface area contributed by atoms with Crippen LogP contribution in [0.1, 0.15) is 11.3 Å². The molecule has 2 rings (SSSR count). The molecule has 0 aliphatic heterocycles. The van der Waals surface area contributed by atoms with E-state index in [0.29, 0.717) is 22.7 Å². The van der Waals surface area contributed by atoms with Crippen molar-refractivity contribution in [1.82, 2.24) is 4.90 Å². The minimum absolute atomic E-state index is 0.0286. The second kappa shape index (κ2) is 7.35. The van der Waals surface area contributed by atoms with Gasteiger partial charge < -0.3 is 18.8 Å². The van der Waals surface area contributed by atoms with Gasteiger partial charge in [0.25, 0.3) is 0 Å². The molecule has 0 spiro atoms. The number of rotatable bonds is 6.